The third-order valence-electron chi connectivity index (χ3n) is 4.97. The van der Waals surface area contributed by atoms with Crippen LogP contribution in [0.3, 0.4) is 0 Å². The van der Waals surface area contributed by atoms with Gasteiger partial charge in [0.15, 0.2) is 0 Å². The van der Waals surface area contributed by atoms with Gasteiger partial charge in [-0.3, -0.25) is 14.7 Å². The van der Waals surface area contributed by atoms with Crippen molar-refractivity contribution in [2.75, 3.05) is 26.1 Å². The number of nitrogens with zero attached hydrogens (tertiary/aromatic N) is 1. The molecule has 0 unspecified atom stereocenters. The van der Waals surface area contributed by atoms with Crippen molar-refractivity contribution in [1.82, 2.24) is 10.2 Å². The number of methoxy groups -OCH3 is 1. The van der Waals surface area contributed by atoms with Crippen molar-refractivity contribution in [3.63, 3.8) is 0 Å². The number of hydrogen-bond acceptors (Lipinski definition) is 5. The van der Waals surface area contributed by atoms with E-state index in [1.165, 1.54) is 7.11 Å². The van der Waals surface area contributed by atoms with Crippen LogP contribution in [0, 0.1) is 5.92 Å². The summed E-state index contributed by atoms with van der Waals surface area (Å²) in [5.74, 6) is -1.98. The van der Waals surface area contributed by atoms with E-state index in [1.54, 1.807) is 6.92 Å². The molecule has 3 rings (SSSR count). The second kappa shape index (κ2) is 6.07. The minimum Gasteiger partial charge on any atom is -0.469 e. The average molecular weight is 345 g/mol. The molecule has 134 valence electrons. The quantitative estimate of drug-likeness (QED) is 0.721. The molecule has 0 radical (unpaired) electrons. The maximum absolute atomic E-state index is 12.5. The number of carbonyl (C=O) groups excluding carboxylic acids is 1. The Hall–Kier alpha value is -2.54. The fourth-order valence-electron chi connectivity index (χ4n) is 3.72. The number of ether oxygens (including phenoxy) is 1. The van der Waals surface area contributed by atoms with Gasteiger partial charge < -0.3 is 19.8 Å². The van der Waals surface area contributed by atoms with Gasteiger partial charge in [0.05, 0.1) is 18.6 Å². The summed E-state index contributed by atoms with van der Waals surface area (Å²) < 4.78 is 4.94. The van der Waals surface area contributed by atoms with E-state index in [9.17, 15) is 14.7 Å². The first-order valence-electron chi connectivity index (χ1n) is 8.13. The highest BCUT2D eigenvalue weighted by Crippen LogP contribution is 2.44. The van der Waals surface area contributed by atoms with Crippen LogP contribution in [0.4, 0.5) is 5.69 Å². The van der Waals surface area contributed by atoms with Crippen molar-refractivity contribution in [2.24, 2.45) is 5.92 Å². The van der Waals surface area contributed by atoms with Gasteiger partial charge in [-0.15, -0.1) is 0 Å². The van der Waals surface area contributed by atoms with E-state index in [1.807, 2.05) is 43.3 Å². The Morgan fingerprint density at radius 3 is 2.48 bits per heavy atom. The predicted octanol–water partition coefficient (Wildman–Crippen LogP) is 0.997. The van der Waals surface area contributed by atoms with E-state index < -0.39 is 23.4 Å². The van der Waals surface area contributed by atoms with E-state index in [4.69, 9.17) is 4.74 Å². The molecule has 0 aliphatic heterocycles. The number of fused-ring (bicyclic) bond motifs is 1. The number of rotatable bonds is 3. The number of anilines is 1. The monoisotopic (exact) mass is 345 g/mol. The molecule has 1 aromatic carbocycles. The summed E-state index contributed by atoms with van der Waals surface area (Å²) in [6.07, 6.45) is 0.174. The Balaban J connectivity index is 2.18. The van der Waals surface area contributed by atoms with Crippen molar-refractivity contribution in [1.29, 1.82) is 0 Å². The normalized spacial score (nSPS) is 25.3. The average Bonchev–Trinajstić information content (AvgIpc) is 2.92. The highest BCUT2D eigenvalue weighted by atomic mass is 16.5. The number of esters is 1. The first-order valence-corrected chi connectivity index (χ1v) is 8.13. The molecule has 1 aromatic heterocycles. The number of carbonyl (C=O) groups is 1. The van der Waals surface area contributed by atoms with Crippen LogP contribution in [0.1, 0.15) is 29.7 Å². The SMILES string of the molecule is COC(=O)[C@H]1[C@@H](c2ccc(N(C)C)cc2)c2c([nH][nH]c2=O)C[C@@]1(C)O. The summed E-state index contributed by atoms with van der Waals surface area (Å²) in [4.78, 5) is 26.8. The Morgan fingerprint density at radius 1 is 1.28 bits per heavy atom. The van der Waals surface area contributed by atoms with Gasteiger partial charge in [0.2, 0.25) is 0 Å². The van der Waals surface area contributed by atoms with Crippen molar-refractivity contribution in [3.8, 4) is 0 Å². The molecule has 7 nitrogen and oxygen atoms in total. The third kappa shape index (κ3) is 2.84. The minimum atomic E-state index is -1.34. The second-order valence-electron chi connectivity index (χ2n) is 6.97. The highest BCUT2D eigenvalue weighted by Gasteiger charge is 2.51. The van der Waals surface area contributed by atoms with Crippen molar-refractivity contribution in [3.05, 3.63) is 51.4 Å². The van der Waals surface area contributed by atoms with Gasteiger partial charge >= 0.3 is 5.97 Å². The number of aromatic nitrogens is 2. The number of aromatic amines is 2. The molecule has 0 bridgehead atoms. The van der Waals surface area contributed by atoms with Gasteiger partial charge in [-0.2, -0.15) is 0 Å². The zero-order valence-corrected chi connectivity index (χ0v) is 14.8. The van der Waals surface area contributed by atoms with Gasteiger partial charge in [0.25, 0.3) is 5.56 Å². The highest BCUT2D eigenvalue weighted by molar-refractivity contribution is 5.77. The molecule has 0 amide bonds. The Morgan fingerprint density at radius 2 is 1.92 bits per heavy atom. The van der Waals surface area contributed by atoms with Gasteiger partial charge in [-0.05, 0) is 24.6 Å². The van der Waals surface area contributed by atoms with Crippen LogP contribution in [0.25, 0.3) is 0 Å². The summed E-state index contributed by atoms with van der Waals surface area (Å²) >= 11 is 0. The van der Waals surface area contributed by atoms with Crippen molar-refractivity contribution >= 4 is 11.7 Å². The maximum Gasteiger partial charge on any atom is 0.312 e. The standard InChI is InChI=1S/C18H23N3O4/c1-18(24)9-12-14(16(22)20-19-12)13(15(18)17(23)25-4)10-5-7-11(8-6-10)21(2)3/h5-8,13,15,24H,9H2,1-4H3,(H2,19,20,22)/t13-,15+,18+/m0/s1. The maximum atomic E-state index is 12.5. The summed E-state index contributed by atoms with van der Waals surface area (Å²) in [6.45, 7) is 1.60. The van der Waals surface area contributed by atoms with Crippen LogP contribution >= 0.6 is 0 Å². The number of nitrogens with one attached hydrogen (secondary N) is 2. The van der Waals surface area contributed by atoms with Gasteiger partial charge in [0, 0.05) is 43.4 Å². The molecular weight excluding hydrogens is 322 g/mol. The van der Waals surface area contributed by atoms with E-state index in [2.05, 4.69) is 10.2 Å². The topological polar surface area (TPSA) is 98.4 Å². The van der Waals surface area contributed by atoms with Crippen LogP contribution in [0.15, 0.2) is 29.1 Å². The van der Waals surface area contributed by atoms with Crippen LogP contribution in [0.2, 0.25) is 0 Å². The number of hydrogen-bond donors (Lipinski definition) is 3. The fraction of sp³-hybridized carbons (Fsp3) is 0.444. The van der Waals surface area contributed by atoms with Gasteiger partial charge in [0.1, 0.15) is 0 Å². The van der Waals surface area contributed by atoms with Crippen LogP contribution in [0.5, 0.6) is 0 Å². The molecule has 1 aliphatic rings. The molecule has 1 aliphatic carbocycles. The van der Waals surface area contributed by atoms with E-state index in [-0.39, 0.29) is 12.0 Å². The van der Waals surface area contributed by atoms with Crippen LogP contribution in [-0.4, -0.2) is 48.1 Å². The molecule has 0 fully saturated rings. The molecule has 1 heterocycles. The molecule has 0 saturated carbocycles. The van der Waals surface area contributed by atoms with E-state index in [0.717, 1.165) is 11.3 Å². The number of H-pyrrole nitrogens is 2. The Labute approximate surface area is 145 Å². The summed E-state index contributed by atoms with van der Waals surface area (Å²) in [5, 5.41) is 16.3. The lowest BCUT2D eigenvalue weighted by Crippen LogP contribution is -2.49. The summed E-state index contributed by atoms with van der Waals surface area (Å²) in [6, 6.07) is 7.61. The summed E-state index contributed by atoms with van der Waals surface area (Å²) in [5.41, 5.74) is 1.28. The largest absolute Gasteiger partial charge is 0.469 e. The fourth-order valence-corrected chi connectivity index (χ4v) is 3.72. The first kappa shape index (κ1) is 17.3. The third-order valence-corrected chi connectivity index (χ3v) is 4.97. The van der Waals surface area contributed by atoms with Crippen molar-refractivity contribution in [2.45, 2.75) is 24.9 Å². The zero-order chi connectivity index (χ0) is 18.4. The molecule has 2 aromatic rings. The van der Waals surface area contributed by atoms with Gasteiger partial charge in [-0.1, -0.05) is 12.1 Å². The van der Waals surface area contributed by atoms with E-state index >= 15 is 0 Å². The molecule has 25 heavy (non-hydrogen) atoms. The minimum absolute atomic E-state index is 0.174. The number of benzene rings is 1. The van der Waals surface area contributed by atoms with Crippen molar-refractivity contribution < 1.29 is 14.6 Å². The van der Waals surface area contributed by atoms with Gasteiger partial charge in [-0.25, -0.2) is 0 Å². The lowest BCUT2D eigenvalue weighted by Gasteiger charge is -2.40. The number of aliphatic hydroxyl groups is 1. The smallest absolute Gasteiger partial charge is 0.312 e. The summed E-state index contributed by atoms with van der Waals surface area (Å²) in [7, 11) is 5.17. The molecule has 7 heteroatoms. The molecule has 3 atom stereocenters. The first-order chi connectivity index (χ1) is 11.8. The predicted molar refractivity (Wildman–Crippen MR) is 93.9 cm³/mol. The molecular formula is C18H23N3O4. The van der Waals surface area contributed by atoms with Crippen LogP contribution in [-0.2, 0) is 16.0 Å². The Bertz CT molecular complexity index is 833. The van der Waals surface area contributed by atoms with Crippen LogP contribution < -0.4 is 10.5 Å². The molecule has 0 spiro atoms. The zero-order valence-electron chi connectivity index (χ0n) is 14.8. The second-order valence-corrected chi connectivity index (χ2v) is 6.97. The Kier molecular flexibility index (Phi) is 4.20. The lowest BCUT2D eigenvalue weighted by molar-refractivity contribution is -0.156. The molecule has 3 N–H and O–H groups in total. The lowest BCUT2D eigenvalue weighted by atomic mass is 9.66. The molecule has 0 saturated heterocycles. The van der Waals surface area contributed by atoms with E-state index in [0.29, 0.717) is 11.3 Å².